The smallest absolute Gasteiger partial charge is 0.149 e. The van der Waals surface area contributed by atoms with E-state index in [1.165, 1.54) is 6.07 Å². The van der Waals surface area contributed by atoms with Crippen molar-refractivity contribution in [2.24, 2.45) is 0 Å². The van der Waals surface area contributed by atoms with Crippen LogP contribution in [0.3, 0.4) is 0 Å². The van der Waals surface area contributed by atoms with Crippen molar-refractivity contribution in [3.8, 4) is 0 Å². The summed E-state index contributed by atoms with van der Waals surface area (Å²) in [5.74, 6) is -0.263. The minimum absolute atomic E-state index is 0.263. The molecule has 0 atom stereocenters. The van der Waals surface area contributed by atoms with Crippen molar-refractivity contribution in [3.05, 3.63) is 35.8 Å². The first-order chi connectivity index (χ1) is 7.74. The third-order valence-electron chi connectivity index (χ3n) is 2.62. The summed E-state index contributed by atoms with van der Waals surface area (Å²) in [7, 11) is 0. The molecule has 84 valence electrons. The Morgan fingerprint density at radius 3 is 2.88 bits per heavy atom. The molecule has 1 heterocycles. The molecule has 0 amide bonds. The van der Waals surface area contributed by atoms with Gasteiger partial charge in [0.15, 0.2) is 0 Å². The highest BCUT2D eigenvalue weighted by molar-refractivity contribution is 5.94. The molecule has 1 N–H and O–H groups in total. The summed E-state index contributed by atoms with van der Waals surface area (Å²) in [4.78, 5) is 4.10. The number of aryl methyl sites for hydroxylation is 1. The molecule has 0 aliphatic rings. The fraction of sp³-hybridized carbons (Fsp3) is 0.308. The van der Waals surface area contributed by atoms with Crippen LogP contribution in [0.2, 0.25) is 0 Å². The number of nitrogens with zero attached hydrogens (tertiary/aromatic N) is 1. The van der Waals surface area contributed by atoms with E-state index in [4.69, 9.17) is 0 Å². The zero-order chi connectivity index (χ0) is 11.5. The van der Waals surface area contributed by atoms with Gasteiger partial charge in [-0.2, -0.15) is 0 Å². The summed E-state index contributed by atoms with van der Waals surface area (Å²) < 4.78 is 13.6. The minimum Gasteiger partial charge on any atom is -0.384 e. The van der Waals surface area contributed by atoms with Crippen molar-refractivity contribution in [1.82, 2.24) is 4.98 Å². The van der Waals surface area contributed by atoms with Gasteiger partial charge in [-0.3, -0.25) is 4.98 Å². The second-order valence-electron chi connectivity index (χ2n) is 3.87. The van der Waals surface area contributed by atoms with Gasteiger partial charge < -0.3 is 5.32 Å². The third-order valence-corrected chi connectivity index (χ3v) is 2.62. The molecule has 0 bridgehead atoms. The maximum Gasteiger partial charge on any atom is 0.149 e. The highest BCUT2D eigenvalue weighted by atomic mass is 19.1. The second-order valence-corrected chi connectivity index (χ2v) is 3.87. The normalized spacial score (nSPS) is 10.7. The third kappa shape index (κ3) is 1.85. The van der Waals surface area contributed by atoms with Crippen molar-refractivity contribution in [1.29, 1.82) is 0 Å². The van der Waals surface area contributed by atoms with Gasteiger partial charge in [0.2, 0.25) is 0 Å². The highest BCUT2D eigenvalue weighted by Gasteiger charge is 2.08. The summed E-state index contributed by atoms with van der Waals surface area (Å²) in [6, 6.07) is 5.15. The van der Waals surface area contributed by atoms with Gasteiger partial charge in [0.25, 0.3) is 0 Å². The van der Waals surface area contributed by atoms with E-state index in [9.17, 15) is 4.39 Å². The van der Waals surface area contributed by atoms with Gasteiger partial charge in [0.1, 0.15) is 11.3 Å². The fourth-order valence-electron chi connectivity index (χ4n) is 1.81. The molecule has 1 aromatic heterocycles. The molecule has 16 heavy (non-hydrogen) atoms. The Balaban J connectivity index is 2.61. The molecule has 0 unspecified atom stereocenters. The number of anilines is 1. The summed E-state index contributed by atoms with van der Waals surface area (Å²) in [5, 5.41) is 4.18. The van der Waals surface area contributed by atoms with Crippen LogP contribution in [0.15, 0.2) is 24.4 Å². The molecule has 2 aromatic rings. The number of rotatable bonds is 3. The zero-order valence-corrected chi connectivity index (χ0v) is 9.55. The van der Waals surface area contributed by atoms with Crippen LogP contribution >= 0.6 is 0 Å². The van der Waals surface area contributed by atoms with E-state index < -0.39 is 0 Å². The van der Waals surface area contributed by atoms with Crippen LogP contribution in [0, 0.1) is 12.7 Å². The van der Waals surface area contributed by atoms with E-state index in [-0.39, 0.29) is 5.82 Å². The lowest BCUT2D eigenvalue weighted by Crippen LogP contribution is -2.02. The van der Waals surface area contributed by atoms with Gasteiger partial charge in [-0.1, -0.05) is 13.0 Å². The van der Waals surface area contributed by atoms with Gasteiger partial charge >= 0.3 is 0 Å². The average molecular weight is 218 g/mol. The van der Waals surface area contributed by atoms with Gasteiger partial charge in [-0.25, -0.2) is 4.39 Å². The molecule has 0 saturated heterocycles. The Kier molecular flexibility index (Phi) is 3.04. The van der Waals surface area contributed by atoms with E-state index in [0.29, 0.717) is 5.52 Å². The van der Waals surface area contributed by atoms with E-state index in [2.05, 4.69) is 17.2 Å². The van der Waals surface area contributed by atoms with Crippen molar-refractivity contribution in [2.75, 3.05) is 11.9 Å². The first-order valence-corrected chi connectivity index (χ1v) is 5.51. The number of halogens is 1. The first kappa shape index (κ1) is 10.9. The molecule has 0 fully saturated rings. The lowest BCUT2D eigenvalue weighted by molar-refractivity contribution is 0.636. The van der Waals surface area contributed by atoms with Crippen LogP contribution in [0.25, 0.3) is 10.9 Å². The number of aromatic nitrogens is 1. The lowest BCUT2D eigenvalue weighted by atomic mass is 10.1. The molecule has 0 spiro atoms. The van der Waals surface area contributed by atoms with Crippen molar-refractivity contribution >= 4 is 16.6 Å². The summed E-state index contributed by atoms with van der Waals surface area (Å²) in [6.07, 6.45) is 2.68. The van der Waals surface area contributed by atoms with Crippen LogP contribution < -0.4 is 5.32 Å². The van der Waals surface area contributed by atoms with Crippen molar-refractivity contribution in [2.45, 2.75) is 20.3 Å². The van der Waals surface area contributed by atoms with Gasteiger partial charge in [0.05, 0.1) is 0 Å². The second kappa shape index (κ2) is 4.47. The molecular weight excluding hydrogens is 203 g/mol. The minimum atomic E-state index is -0.263. The number of nitrogens with one attached hydrogen (secondary N) is 1. The predicted octanol–water partition coefficient (Wildman–Crippen LogP) is 3.50. The van der Waals surface area contributed by atoms with Crippen LogP contribution in [0.4, 0.5) is 10.1 Å². The van der Waals surface area contributed by atoms with E-state index >= 15 is 0 Å². The molecule has 3 heteroatoms. The monoisotopic (exact) mass is 218 g/mol. The maximum atomic E-state index is 13.6. The Morgan fingerprint density at radius 1 is 1.31 bits per heavy atom. The van der Waals surface area contributed by atoms with Gasteiger partial charge in [-0.05, 0) is 31.0 Å². The topological polar surface area (TPSA) is 24.9 Å². The van der Waals surface area contributed by atoms with Gasteiger partial charge in [-0.15, -0.1) is 0 Å². The number of fused-ring (bicyclic) bond motifs is 1. The molecule has 0 aliphatic carbocycles. The Hall–Kier alpha value is -1.64. The standard InChI is InChI=1S/C13H15FN2/c1-3-7-15-11-6-8-16-13-10(14)5-4-9(2)12(11)13/h4-6,8H,3,7H2,1-2H3,(H,15,16). The Bertz CT molecular complexity index is 509. The van der Waals surface area contributed by atoms with Crippen LogP contribution in [0.1, 0.15) is 18.9 Å². The zero-order valence-electron chi connectivity index (χ0n) is 9.55. The Morgan fingerprint density at radius 2 is 2.12 bits per heavy atom. The number of benzene rings is 1. The lowest BCUT2D eigenvalue weighted by Gasteiger charge is -2.10. The predicted molar refractivity (Wildman–Crippen MR) is 65.2 cm³/mol. The van der Waals surface area contributed by atoms with Crippen molar-refractivity contribution < 1.29 is 4.39 Å². The highest BCUT2D eigenvalue weighted by Crippen LogP contribution is 2.26. The van der Waals surface area contributed by atoms with E-state index in [1.807, 2.05) is 13.0 Å². The number of hydrogen-bond acceptors (Lipinski definition) is 2. The molecular formula is C13H15FN2. The summed E-state index contributed by atoms with van der Waals surface area (Å²) in [5.41, 5.74) is 2.45. The van der Waals surface area contributed by atoms with Crippen molar-refractivity contribution in [3.63, 3.8) is 0 Å². The number of pyridine rings is 1. The SMILES string of the molecule is CCCNc1ccnc2c(F)ccc(C)c12. The quantitative estimate of drug-likeness (QED) is 0.852. The molecule has 0 saturated carbocycles. The van der Waals surface area contributed by atoms with E-state index in [0.717, 1.165) is 29.6 Å². The number of hydrogen-bond donors (Lipinski definition) is 1. The molecule has 0 aliphatic heterocycles. The molecule has 1 aromatic carbocycles. The first-order valence-electron chi connectivity index (χ1n) is 5.51. The van der Waals surface area contributed by atoms with Gasteiger partial charge in [0, 0.05) is 23.8 Å². The summed E-state index contributed by atoms with van der Waals surface area (Å²) >= 11 is 0. The van der Waals surface area contributed by atoms with Crippen LogP contribution in [0.5, 0.6) is 0 Å². The largest absolute Gasteiger partial charge is 0.384 e. The molecule has 0 radical (unpaired) electrons. The van der Waals surface area contributed by atoms with Crippen LogP contribution in [-0.2, 0) is 0 Å². The average Bonchev–Trinajstić information content (AvgIpc) is 2.31. The van der Waals surface area contributed by atoms with Crippen LogP contribution in [-0.4, -0.2) is 11.5 Å². The Labute approximate surface area is 94.5 Å². The molecule has 2 rings (SSSR count). The summed E-state index contributed by atoms with van der Waals surface area (Å²) in [6.45, 7) is 4.96. The molecule has 2 nitrogen and oxygen atoms in total. The fourth-order valence-corrected chi connectivity index (χ4v) is 1.81. The van der Waals surface area contributed by atoms with E-state index in [1.54, 1.807) is 12.3 Å². The maximum absolute atomic E-state index is 13.6.